The topological polar surface area (TPSA) is 36.3 Å². The lowest BCUT2D eigenvalue weighted by Gasteiger charge is -2.36. The van der Waals surface area contributed by atoms with Crippen molar-refractivity contribution in [3.8, 4) is 5.75 Å². The summed E-state index contributed by atoms with van der Waals surface area (Å²) in [5, 5.41) is 0. The summed E-state index contributed by atoms with van der Waals surface area (Å²) >= 11 is 6.13. The largest absolute Gasteiger partial charge is 0.494 e. The van der Waals surface area contributed by atoms with E-state index in [0.717, 1.165) is 42.1 Å². The molecule has 1 aliphatic heterocycles. The van der Waals surface area contributed by atoms with E-state index >= 15 is 0 Å². The SMILES string of the molecule is COc1cccc2c1nc(CCl)n2C1CCOC(C)(C)C1. The van der Waals surface area contributed by atoms with Gasteiger partial charge in [0.1, 0.15) is 17.1 Å². The van der Waals surface area contributed by atoms with E-state index in [9.17, 15) is 0 Å². The van der Waals surface area contributed by atoms with E-state index in [1.807, 2.05) is 12.1 Å². The molecule has 0 spiro atoms. The van der Waals surface area contributed by atoms with Gasteiger partial charge in [-0.3, -0.25) is 0 Å². The van der Waals surface area contributed by atoms with Gasteiger partial charge in [0.15, 0.2) is 0 Å². The van der Waals surface area contributed by atoms with Crippen LogP contribution in [0.4, 0.5) is 0 Å². The lowest BCUT2D eigenvalue weighted by Crippen LogP contribution is -2.35. The van der Waals surface area contributed by atoms with Crippen LogP contribution in [0.15, 0.2) is 18.2 Å². The normalized spacial score (nSPS) is 21.6. The summed E-state index contributed by atoms with van der Waals surface area (Å²) in [6.07, 6.45) is 1.94. The van der Waals surface area contributed by atoms with Crippen LogP contribution in [-0.4, -0.2) is 28.9 Å². The summed E-state index contributed by atoms with van der Waals surface area (Å²) in [7, 11) is 1.67. The Bertz CT molecular complexity index is 651. The van der Waals surface area contributed by atoms with Crippen LogP contribution in [0.2, 0.25) is 0 Å². The first-order valence-corrected chi connectivity index (χ1v) is 7.83. The number of para-hydroxylation sites is 1. The zero-order valence-electron chi connectivity index (χ0n) is 12.7. The third-order valence-electron chi connectivity index (χ3n) is 4.13. The fourth-order valence-electron chi connectivity index (χ4n) is 3.23. The molecule has 1 atom stereocenters. The number of benzene rings is 1. The van der Waals surface area contributed by atoms with Crippen LogP contribution in [0.5, 0.6) is 5.75 Å². The Labute approximate surface area is 130 Å². The second kappa shape index (κ2) is 5.50. The number of rotatable bonds is 3. The van der Waals surface area contributed by atoms with Crippen molar-refractivity contribution in [1.29, 1.82) is 0 Å². The number of methoxy groups -OCH3 is 1. The summed E-state index contributed by atoms with van der Waals surface area (Å²) in [6.45, 7) is 5.04. The highest BCUT2D eigenvalue weighted by molar-refractivity contribution is 6.16. The Morgan fingerprint density at radius 3 is 2.95 bits per heavy atom. The molecule has 1 aromatic heterocycles. The van der Waals surface area contributed by atoms with E-state index in [-0.39, 0.29) is 5.60 Å². The molecule has 4 nitrogen and oxygen atoms in total. The lowest BCUT2D eigenvalue weighted by atomic mass is 9.93. The molecule has 2 aromatic rings. The van der Waals surface area contributed by atoms with Crippen molar-refractivity contribution in [3.05, 3.63) is 24.0 Å². The highest BCUT2D eigenvalue weighted by Gasteiger charge is 2.32. The maximum Gasteiger partial charge on any atom is 0.146 e. The highest BCUT2D eigenvalue weighted by atomic mass is 35.5. The fourth-order valence-corrected chi connectivity index (χ4v) is 3.41. The fraction of sp³-hybridized carbons (Fsp3) is 0.562. The summed E-state index contributed by atoms with van der Waals surface area (Å²) in [5.74, 6) is 2.10. The van der Waals surface area contributed by atoms with Crippen molar-refractivity contribution in [2.45, 2.75) is 44.2 Å². The maximum absolute atomic E-state index is 6.13. The smallest absolute Gasteiger partial charge is 0.146 e. The number of halogens is 1. The van der Waals surface area contributed by atoms with E-state index in [4.69, 9.17) is 26.1 Å². The third kappa shape index (κ3) is 2.62. The van der Waals surface area contributed by atoms with Crippen LogP contribution in [0.3, 0.4) is 0 Å². The highest BCUT2D eigenvalue weighted by Crippen LogP contribution is 2.37. The maximum atomic E-state index is 6.13. The first kappa shape index (κ1) is 14.7. The number of imidazole rings is 1. The van der Waals surface area contributed by atoms with Crippen LogP contribution in [0, 0.1) is 0 Å². The standard InChI is InChI=1S/C16H21ClN2O2/c1-16(2)9-11(7-8-21-16)19-12-5-4-6-13(20-3)15(12)18-14(19)10-17/h4-6,11H,7-10H2,1-3H3. The Morgan fingerprint density at radius 1 is 1.48 bits per heavy atom. The lowest BCUT2D eigenvalue weighted by molar-refractivity contribution is -0.0687. The third-order valence-corrected chi connectivity index (χ3v) is 4.37. The monoisotopic (exact) mass is 308 g/mol. The Morgan fingerprint density at radius 2 is 2.29 bits per heavy atom. The van der Waals surface area contributed by atoms with Gasteiger partial charge in [-0.05, 0) is 38.8 Å². The van der Waals surface area contributed by atoms with Crippen LogP contribution in [0.1, 0.15) is 38.6 Å². The number of fused-ring (bicyclic) bond motifs is 1. The second-order valence-corrected chi connectivity index (χ2v) is 6.38. The molecule has 0 amide bonds. The van der Waals surface area contributed by atoms with Crippen LogP contribution < -0.4 is 4.74 Å². The van der Waals surface area contributed by atoms with E-state index < -0.39 is 0 Å². The molecule has 0 saturated carbocycles. The van der Waals surface area contributed by atoms with Crippen molar-refractivity contribution in [2.24, 2.45) is 0 Å². The van der Waals surface area contributed by atoms with Crippen molar-refractivity contribution >= 4 is 22.6 Å². The van der Waals surface area contributed by atoms with Gasteiger partial charge in [-0.1, -0.05) is 6.07 Å². The molecule has 0 N–H and O–H groups in total. The van der Waals surface area contributed by atoms with Crippen LogP contribution in [0.25, 0.3) is 11.0 Å². The Hall–Kier alpha value is -1.26. The number of hydrogen-bond acceptors (Lipinski definition) is 3. The zero-order valence-corrected chi connectivity index (χ0v) is 13.5. The van der Waals surface area contributed by atoms with Gasteiger partial charge in [0, 0.05) is 12.6 Å². The predicted octanol–water partition coefficient (Wildman–Crippen LogP) is 3.91. The van der Waals surface area contributed by atoms with Gasteiger partial charge < -0.3 is 14.0 Å². The van der Waals surface area contributed by atoms with Crippen LogP contribution >= 0.6 is 11.6 Å². The first-order chi connectivity index (χ1) is 10.1. The van der Waals surface area contributed by atoms with Crippen LogP contribution in [-0.2, 0) is 10.6 Å². The molecule has 114 valence electrons. The van der Waals surface area contributed by atoms with Gasteiger partial charge in [-0.2, -0.15) is 0 Å². The molecule has 0 radical (unpaired) electrons. The molecule has 1 fully saturated rings. The summed E-state index contributed by atoms with van der Waals surface area (Å²) in [6, 6.07) is 6.39. The summed E-state index contributed by atoms with van der Waals surface area (Å²) < 4.78 is 13.5. The number of nitrogens with zero attached hydrogens (tertiary/aromatic N) is 2. The van der Waals surface area contributed by atoms with Gasteiger partial charge in [0.2, 0.25) is 0 Å². The molecule has 1 unspecified atom stereocenters. The molecule has 0 aliphatic carbocycles. The van der Waals surface area contributed by atoms with E-state index in [0.29, 0.717) is 11.9 Å². The first-order valence-electron chi connectivity index (χ1n) is 7.29. The Kier molecular flexibility index (Phi) is 3.84. The summed E-state index contributed by atoms with van der Waals surface area (Å²) in [5.41, 5.74) is 1.87. The predicted molar refractivity (Wildman–Crippen MR) is 84.1 cm³/mol. The number of ether oxygens (including phenoxy) is 2. The van der Waals surface area contributed by atoms with Gasteiger partial charge in [-0.15, -0.1) is 11.6 Å². The van der Waals surface area contributed by atoms with Crippen molar-refractivity contribution in [2.75, 3.05) is 13.7 Å². The second-order valence-electron chi connectivity index (χ2n) is 6.11. The molecule has 1 saturated heterocycles. The Balaban J connectivity index is 2.12. The zero-order chi connectivity index (χ0) is 15.0. The van der Waals surface area contributed by atoms with Crippen molar-refractivity contribution < 1.29 is 9.47 Å². The minimum absolute atomic E-state index is 0.109. The van der Waals surface area contributed by atoms with E-state index in [1.54, 1.807) is 7.11 Å². The molecule has 2 heterocycles. The van der Waals surface area contributed by atoms with E-state index in [1.165, 1.54) is 0 Å². The quantitative estimate of drug-likeness (QED) is 0.807. The molecule has 1 aliphatic rings. The molecule has 21 heavy (non-hydrogen) atoms. The number of hydrogen-bond donors (Lipinski definition) is 0. The van der Waals surface area contributed by atoms with E-state index in [2.05, 4.69) is 24.5 Å². The van der Waals surface area contributed by atoms with Gasteiger partial charge in [0.25, 0.3) is 0 Å². The number of aromatic nitrogens is 2. The molecule has 0 bridgehead atoms. The van der Waals surface area contributed by atoms with Crippen molar-refractivity contribution in [1.82, 2.24) is 9.55 Å². The summed E-state index contributed by atoms with van der Waals surface area (Å²) in [4.78, 5) is 4.69. The minimum atomic E-state index is -0.109. The minimum Gasteiger partial charge on any atom is -0.494 e. The average molecular weight is 309 g/mol. The molecule has 5 heteroatoms. The molecule has 3 rings (SSSR count). The van der Waals surface area contributed by atoms with Gasteiger partial charge in [-0.25, -0.2) is 4.98 Å². The number of alkyl halides is 1. The molecule has 1 aromatic carbocycles. The molecular formula is C16H21ClN2O2. The molecular weight excluding hydrogens is 288 g/mol. The van der Waals surface area contributed by atoms with Gasteiger partial charge >= 0.3 is 0 Å². The average Bonchev–Trinajstić information content (AvgIpc) is 2.84. The van der Waals surface area contributed by atoms with Crippen molar-refractivity contribution in [3.63, 3.8) is 0 Å². The van der Waals surface area contributed by atoms with Gasteiger partial charge in [0.05, 0.1) is 24.1 Å².